The van der Waals surface area contributed by atoms with E-state index in [0.29, 0.717) is 17.6 Å². The van der Waals surface area contributed by atoms with Crippen LogP contribution in [0.4, 0.5) is 4.39 Å². The molecule has 110 valence electrons. The summed E-state index contributed by atoms with van der Waals surface area (Å²) in [6.45, 7) is 2.34. The Hall–Kier alpha value is -1.52. The van der Waals surface area contributed by atoms with Crippen molar-refractivity contribution in [1.82, 2.24) is 0 Å². The van der Waals surface area contributed by atoms with Crippen LogP contribution in [0, 0.1) is 5.82 Å². The predicted molar refractivity (Wildman–Crippen MR) is 84.3 cm³/mol. The van der Waals surface area contributed by atoms with Gasteiger partial charge in [-0.05, 0) is 42.7 Å². The van der Waals surface area contributed by atoms with Crippen molar-refractivity contribution in [2.24, 2.45) is 5.73 Å². The van der Waals surface area contributed by atoms with Gasteiger partial charge in [-0.2, -0.15) is 0 Å². The van der Waals surface area contributed by atoms with E-state index < -0.39 is 0 Å². The maximum atomic E-state index is 14.0. The van der Waals surface area contributed by atoms with Gasteiger partial charge in [0.05, 0.1) is 0 Å². The zero-order chi connectivity index (χ0) is 14.8. The van der Waals surface area contributed by atoms with Crippen molar-refractivity contribution < 1.29 is 9.13 Å². The lowest BCUT2D eigenvalue weighted by atomic mass is 10.1. The number of fused-ring (bicyclic) bond motifs is 1. The Morgan fingerprint density at radius 2 is 2.14 bits per heavy atom. The van der Waals surface area contributed by atoms with Gasteiger partial charge in [-0.25, -0.2) is 4.39 Å². The van der Waals surface area contributed by atoms with Crippen LogP contribution in [-0.2, 0) is 6.42 Å². The van der Waals surface area contributed by atoms with Gasteiger partial charge in [-0.1, -0.05) is 24.3 Å². The number of halogens is 1. The Labute approximate surface area is 128 Å². The molecule has 2 N–H and O–H groups in total. The fourth-order valence-electron chi connectivity index (χ4n) is 2.45. The van der Waals surface area contributed by atoms with Crippen molar-refractivity contribution in [3.8, 4) is 5.75 Å². The maximum absolute atomic E-state index is 14.0. The summed E-state index contributed by atoms with van der Waals surface area (Å²) < 4.78 is 19.6. The fraction of sp³-hybridized carbons (Fsp3) is 0.294. The first kappa shape index (κ1) is 14.4. The maximum Gasteiger partial charge on any atom is 0.165 e. The minimum Gasteiger partial charge on any atom is -0.489 e. The summed E-state index contributed by atoms with van der Waals surface area (Å²) in [6, 6.07) is 13.1. The largest absolute Gasteiger partial charge is 0.489 e. The van der Waals surface area contributed by atoms with Crippen LogP contribution in [0.2, 0.25) is 0 Å². The number of thioether (sulfide) groups is 1. The molecule has 1 heterocycles. The quantitative estimate of drug-likeness (QED) is 0.929. The first-order valence-corrected chi connectivity index (χ1v) is 7.94. The Morgan fingerprint density at radius 1 is 1.33 bits per heavy atom. The van der Waals surface area contributed by atoms with Gasteiger partial charge < -0.3 is 10.5 Å². The van der Waals surface area contributed by atoms with Gasteiger partial charge in [0.25, 0.3) is 0 Å². The summed E-state index contributed by atoms with van der Waals surface area (Å²) in [5, 5.41) is 0.343. The van der Waals surface area contributed by atoms with Gasteiger partial charge in [0.1, 0.15) is 6.61 Å². The highest BCUT2D eigenvalue weighted by molar-refractivity contribution is 8.00. The van der Waals surface area contributed by atoms with Crippen molar-refractivity contribution >= 4 is 11.8 Å². The van der Waals surface area contributed by atoms with E-state index in [0.717, 1.165) is 12.0 Å². The van der Waals surface area contributed by atoms with E-state index in [1.165, 1.54) is 16.5 Å². The van der Waals surface area contributed by atoms with Crippen LogP contribution in [0.3, 0.4) is 0 Å². The van der Waals surface area contributed by atoms with Gasteiger partial charge in [0, 0.05) is 16.2 Å². The SMILES string of the molecule is CC(N)c1ccc(OCC2Cc3ccccc3S2)c(F)c1. The minimum atomic E-state index is -0.342. The number of nitrogens with two attached hydrogens (primary N) is 1. The third-order valence-corrected chi connectivity index (χ3v) is 4.91. The molecule has 4 heteroatoms. The molecule has 2 aromatic carbocycles. The monoisotopic (exact) mass is 303 g/mol. The van der Waals surface area contributed by atoms with Crippen molar-refractivity contribution in [2.45, 2.75) is 29.5 Å². The zero-order valence-electron chi connectivity index (χ0n) is 11.9. The summed E-state index contributed by atoms with van der Waals surface area (Å²) in [5.74, 6) is -0.0405. The van der Waals surface area contributed by atoms with E-state index in [-0.39, 0.29) is 11.9 Å². The van der Waals surface area contributed by atoms with Gasteiger partial charge in [-0.3, -0.25) is 0 Å². The lowest BCUT2D eigenvalue weighted by Gasteiger charge is -2.13. The molecule has 3 rings (SSSR count). The van der Waals surface area contributed by atoms with Crippen molar-refractivity contribution in [3.05, 3.63) is 59.4 Å². The summed E-state index contributed by atoms with van der Waals surface area (Å²) in [6.07, 6.45) is 0.973. The van der Waals surface area contributed by atoms with E-state index in [9.17, 15) is 4.39 Å². The molecular weight excluding hydrogens is 285 g/mol. The number of hydrogen-bond donors (Lipinski definition) is 1. The van der Waals surface area contributed by atoms with Crippen LogP contribution in [0.25, 0.3) is 0 Å². The minimum absolute atomic E-state index is 0.173. The molecule has 0 aliphatic carbocycles. The Bertz CT molecular complexity index is 619. The van der Waals surface area contributed by atoms with E-state index in [4.69, 9.17) is 10.5 Å². The van der Waals surface area contributed by atoms with Crippen LogP contribution in [0.15, 0.2) is 47.4 Å². The van der Waals surface area contributed by atoms with Crippen LogP contribution in [0.1, 0.15) is 24.1 Å². The van der Waals surface area contributed by atoms with Gasteiger partial charge in [-0.15, -0.1) is 11.8 Å². The summed E-state index contributed by atoms with van der Waals surface area (Å²) >= 11 is 1.80. The zero-order valence-corrected chi connectivity index (χ0v) is 12.7. The summed E-state index contributed by atoms with van der Waals surface area (Å²) in [7, 11) is 0. The topological polar surface area (TPSA) is 35.2 Å². The van der Waals surface area contributed by atoms with Gasteiger partial charge >= 0.3 is 0 Å². The highest BCUT2D eigenvalue weighted by Gasteiger charge is 2.22. The van der Waals surface area contributed by atoms with Gasteiger partial charge in [0.2, 0.25) is 0 Å². The third kappa shape index (κ3) is 3.22. The molecule has 1 aliphatic rings. The Balaban J connectivity index is 1.62. The molecule has 0 radical (unpaired) electrons. The van der Waals surface area contributed by atoms with Crippen LogP contribution in [-0.4, -0.2) is 11.9 Å². The molecule has 0 saturated heterocycles. The van der Waals surface area contributed by atoms with Crippen molar-refractivity contribution in [1.29, 1.82) is 0 Å². The smallest absolute Gasteiger partial charge is 0.165 e. The molecule has 0 spiro atoms. The van der Waals surface area contributed by atoms with Crippen LogP contribution < -0.4 is 10.5 Å². The Kier molecular flexibility index (Phi) is 4.17. The summed E-state index contributed by atoms with van der Waals surface area (Å²) in [4.78, 5) is 1.30. The van der Waals surface area contributed by atoms with Crippen molar-refractivity contribution in [3.63, 3.8) is 0 Å². The Morgan fingerprint density at radius 3 is 2.86 bits per heavy atom. The van der Waals surface area contributed by atoms with E-state index >= 15 is 0 Å². The second-order valence-corrected chi connectivity index (χ2v) is 6.68. The first-order valence-electron chi connectivity index (χ1n) is 7.06. The van der Waals surface area contributed by atoms with E-state index in [1.807, 2.05) is 19.1 Å². The van der Waals surface area contributed by atoms with E-state index in [2.05, 4.69) is 18.2 Å². The average molecular weight is 303 g/mol. The first-order chi connectivity index (χ1) is 10.1. The number of hydrogen-bond acceptors (Lipinski definition) is 3. The molecule has 0 amide bonds. The second-order valence-electron chi connectivity index (χ2n) is 5.34. The number of rotatable bonds is 4. The predicted octanol–water partition coefficient (Wildman–Crippen LogP) is 3.94. The molecule has 21 heavy (non-hydrogen) atoms. The van der Waals surface area contributed by atoms with Crippen molar-refractivity contribution in [2.75, 3.05) is 6.61 Å². The van der Waals surface area contributed by atoms with Crippen LogP contribution in [0.5, 0.6) is 5.75 Å². The number of benzene rings is 2. The molecule has 2 atom stereocenters. The lowest BCUT2D eigenvalue weighted by molar-refractivity contribution is 0.301. The molecule has 0 aromatic heterocycles. The molecular formula is C17H18FNOS. The molecule has 2 unspecified atom stereocenters. The molecule has 2 nitrogen and oxygen atoms in total. The van der Waals surface area contributed by atoms with Crippen LogP contribution >= 0.6 is 11.8 Å². The van der Waals surface area contributed by atoms with Gasteiger partial charge in [0.15, 0.2) is 11.6 Å². The normalized spacial score (nSPS) is 18.3. The second kappa shape index (κ2) is 6.08. The molecule has 0 bridgehead atoms. The van der Waals surface area contributed by atoms with E-state index in [1.54, 1.807) is 17.8 Å². The highest BCUT2D eigenvalue weighted by atomic mass is 32.2. The molecule has 2 aromatic rings. The summed E-state index contributed by atoms with van der Waals surface area (Å²) in [5.41, 5.74) is 7.87. The number of ether oxygens (including phenoxy) is 1. The fourth-order valence-corrected chi connectivity index (χ4v) is 3.66. The molecule has 1 aliphatic heterocycles. The average Bonchev–Trinajstić information content (AvgIpc) is 2.88. The third-order valence-electron chi connectivity index (χ3n) is 3.62. The highest BCUT2D eigenvalue weighted by Crippen LogP contribution is 2.37. The molecule has 0 saturated carbocycles. The standard InChI is InChI=1S/C17H18FNOS/c1-11(19)12-6-7-16(15(18)9-12)20-10-14-8-13-4-2-3-5-17(13)21-14/h2-7,9,11,14H,8,10,19H2,1H3. The lowest BCUT2D eigenvalue weighted by Crippen LogP contribution is -2.14. The molecule has 0 fully saturated rings.